The average molecular weight is 632 g/mol. The van der Waals surface area contributed by atoms with Gasteiger partial charge in [-0.25, -0.2) is 23.7 Å². The number of nitrogens with zero attached hydrogens (tertiary/aromatic N) is 7. The summed E-state index contributed by atoms with van der Waals surface area (Å²) in [5.74, 6) is -1.60. The van der Waals surface area contributed by atoms with Crippen molar-refractivity contribution in [3.8, 4) is 17.1 Å². The van der Waals surface area contributed by atoms with Gasteiger partial charge in [-0.15, -0.1) is 0 Å². The van der Waals surface area contributed by atoms with E-state index in [1.165, 1.54) is 6.20 Å². The monoisotopic (exact) mass is 631 g/mol. The van der Waals surface area contributed by atoms with E-state index in [2.05, 4.69) is 41.0 Å². The van der Waals surface area contributed by atoms with Crippen molar-refractivity contribution in [1.82, 2.24) is 39.6 Å². The number of halogens is 2. The van der Waals surface area contributed by atoms with Crippen molar-refractivity contribution < 1.29 is 18.3 Å². The van der Waals surface area contributed by atoms with E-state index in [0.29, 0.717) is 37.0 Å². The van der Waals surface area contributed by atoms with E-state index >= 15 is 0 Å². The van der Waals surface area contributed by atoms with Crippen molar-refractivity contribution in [3.05, 3.63) is 60.2 Å². The Labute approximate surface area is 263 Å². The number of rotatable bonds is 11. The third kappa shape index (κ3) is 7.20. The van der Waals surface area contributed by atoms with Crippen LogP contribution in [0.25, 0.3) is 22.2 Å². The van der Waals surface area contributed by atoms with Gasteiger partial charge in [0.2, 0.25) is 23.7 Å². The number of nitrogens with one attached hydrogen (secondary N) is 4. The molecule has 1 aromatic carbocycles. The molecule has 4 aromatic heterocycles. The van der Waals surface area contributed by atoms with Gasteiger partial charge >= 0.3 is 0 Å². The van der Waals surface area contributed by atoms with Crippen molar-refractivity contribution in [2.45, 2.75) is 39.2 Å². The number of likely N-dealkylation sites (tertiary alicyclic amines) is 1. The number of anilines is 4. The number of aryl methyl sites for hydroxylation is 3. The normalized spacial score (nSPS) is 15.3. The van der Waals surface area contributed by atoms with E-state index in [4.69, 9.17) is 9.72 Å². The van der Waals surface area contributed by atoms with Crippen LogP contribution in [-0.4, -0.2) is 83.7 Å². The summed E-state index contributed by atoms with van der Waals surface area (Å²) in [6.07, 6.45) is 5.60. The van der Waals surface area contributed by atoms with Crippen LogP contribution in [0, 0.1) is 13.8 Å². The highest BCUT2D eigenvalue weighted by Crippen LogP contribution is 2.33. The second-order valence-corrected chi connectivity index (χ2v) is 11.5. The van der Waals surface area contributed by atoms with Crippen LogP contribution in [0.2, 0.25) is 0 Å². The second kappa shape index (κ2) is 12.7. The molecule has 1 aliphatic heterocycles. The molecule has 0 radical (unpaired) electrons. The largest absolute Gasteiger partial charge is 0.473 e. The first-order valence-electron chi connectivity index (χ1n) is 14.9. The van der Waals surface area contributed by atoms with E-state index in [1.54, 1.807) is 16.9 Å². The Bertz CT molecular complexity index is 1850. The van der Waals surface area contributed by atoms with Gasteiger partial charge in [0, 0.05) is 74.4 Å². The van der Waals surface area contributed by atoms with Crippen LogP contribution >= 0.6 is 0 Å². The van der Waals surface area contributed by atoms with E-state index < -0.39 is 12.5 Å². The summed E-state index contributed by atoms with van der Waals surface area (Å²) in [6, 6.07) is 9.24. The van der Waals surface area contributed by atoms with Gasteiger partial charge in [-0.1, -0.05) is 12.1 Å². The predicted molar refractivity (Wildman–Crippen MR) is 171 cm³/mol. The molecule has 0 unspecified atom stereocenters. The molecule has 5 aromatic rings. The minimum absolute atomic E-state index is 0.0708. The molecule has 0 bridgehead atoms. The highest BCUT2D eigenvalue weighted by atomic mass is 19.3. The van der Waals surface area contributed by atoms with Crippen LogP contribution < -0.4 is 20.7 Å². The Kier molecular flexibility index (Phi) is 8.49. The van der Waals surface area contributed by atoms with E-state index in [9.17, 15) is 13.6 Å². The summed E-state index contributed by atoms with van der Waals surface area (Å²) in [4.78, 5) is 35.8. The molecule has 5 heterocycles. The quantitative estimate of drug-likeness (QED) is 0.162. The Morgan fingerprint density at radius 3 is 2.80 bits per heavy atom. The number of ether oxygens (including phenoxy) is 1. The first-order chi connectivity index (χ1) is 22.0. The van der Waals surface area contributed by atoms with Crippen molar-refractivity contribution in [2.75, 3.05) is 42.1 Å². The number of carbonyl (C=O) groups excluding carboxylic acids is 1. The van der Waals surface area contributed by atoms with Crippen molar-refractivity contribution in [2.24, 2.45) is 7.05 Å². The van der Waals surface area contributed by atoms with E-state index in [0.717, 1.165) is 40.3 Å². The molecule has 1 atom stereocenters. The Morgan fingerprint density at radius 1 is 1.17 bits per heavy atom. The Balaban J connectivity index is 1.08. The van der Waals surface area contributed by atoms with Crippen LogP contribution in [0.15, 0.2) is 48.9 Å². The molecule has 1 aliphatic rings. The number of benzene rings is 1. The van der Waals surface area contributed by atoms with Gasteiger partial charge in [0.25, 0.3) is 5.92 Å². The molecular weight excluding hydrogens is 596 g/mol. The summed E-state index contributed by atoms with van der Waals surface area (Å²) in [6.45, 7) is 5.53. The molecule has 1 amide bonds. The topological polar surface area (TPSA) is 151 Å². The van der Waals surface area contributed by atoms with Gasteiger partial charge < -0.3 is 25.7 Å². The number of aromatic amines is 1. The molecule has 15 heteroatoms. The van der Waals surface area contributed by atoms with Gasteiger partial charge in [0.1, 0.15) is 6.10 Å². The number of para-hydroxylation sites is 1. The van der Waals surface area contributed by atoms with Gasteiger partial charge in [0.15, 0.2) is 5.82 Å². The lowest BCUT2D eigenvalue weighted by molar-refractivity contribution is -0.117. The molecule has 4 N–H and O–H groups in total. The summed E-state index contributed by atoms with van der Waals surface area (Å²) in [7, 11) is 1.88. The zero-order valence-corrected chi connectivity index (χ0v) is 25.9. The summed E-state index contributed by atoms with van der Waals surface area (Å²) in [5, 5.41) is 14.1. The van der Waals surface area contributed by atoms with Crippen molar-refractivity contribution >= 4 is 40.2 Å². The number of amides is 1. The number of aromatic nitrogens is 7. The van der Waals surface area contributed by atoms with Crippen molar-refractivity contribution in [1.29, 1.82) is 0 Å². The number of hydrogen-bond donors (Lipinski definition) is 4. The van der Waals surface area contributed by atoms with Gasteiger partial charge in [-0.2, -0.15) is 10.1 Å². The van der Waals surface area contributed by atoms with Crippen LogP contribution in [0.4, 0.5) is 32.2 Å². The second-order valence-electron chi connectivity index (χ2n) is 11.5. The van der Waals surface area contributed by atoms with Crippen molar-refractivity contribution in [3.63, 3.8) is 0 Å². The molecule has 1 saturated heterocycles. The smallest absolute Gasteiger partial charge is 0.262 e. The van der Waals surface area contributed by atoms with Crippen LogP contribution in [-0.2, 0) is 11.8 Å². The zero-order chi connectivity index (χ0) is 32.4. The Hall–Kier alpha value is -5.18. The maximum absolute atomic E-state index is 13.2. The first-order valence-corrected chi connectivity index (χ1v) is 14.9. The molecule has 46 heavy (non-hydrogen) atoms. The van der Waals surface area contributed by atoms with E-state index in [-0.39, 0.29) is 30.4 Å². The fourth-order valence-electron chi connectivity index (χ4n) is 5.29. The standard InChI is InChI=1S/C31H35F2N11O2/c1-18-13-36-30(39-24-12-19(2)43(4)42-24)41-27(18)22-14-35-28-21(22)6-5-7-23(28)38-25(45)16-44-11-9-20(15-44)46-26-8-10-34-29(40-26)37-17-31(3,32)33/h5-8,10,12-14,20,35H,9,11,15-17H2,1-4H3,(H,38,45)(H,34,37,40)(H,36,39,41,42)/t20-/m0/s1. The lowest BCUT2D eigenvalue weighted by atomic mass is 10.1. The number of hydrogen-bond acceptors (Lipinski definition) is 10. The highest BCUT2D eigenvalue weighted by molar-refractivity contribution is 6.06. The zero-order valence-electron chi connectivity index (χ0n) is 25.9. The molecule has 0 aliphatic carbocycles. The molecule has 13 nitrogen and oxygen atoms in total. The van der Waals surface area contributed by atoms with E-state index in [1.807, 2.05) is 56.3 Å². The fourth-order valence-corrected chi connectivity index (χ4v) is 5.29. The lowest BCUT2D eigenvalue weighted by Crippen LogP contribution is -2.33. The minimum Gasteiger partial charge on any atom is -0.473 e. The van der Waals surface area contributed by atoms with Crippen LogP contribution in [0.1, 0.15) is 24.6 Å². The number of fused-ring (bicyclic) bond motifs is 1. The number of alkyl halides is 2. The lowest BCUT2D eigenvalue weighted by Gasteiger charge is -2.17. The molecule has 0 saturated carbocycles. The summed E-state index contributed by atoms with van der Waals surface area (Å²) < 4.78 is 34.1. The molecule has 1 fully saturated rings. The average Bonchev–Trinajstić information content (AvgIpc) is 3.72. The summed E-state index contributed by atoms with van der Waals surface area (Å²) >= 11 is 0. The predicted octanol–water partition coefficient (Wildman–Crippen LogP) is 4.67. The molecule has 0 spiro atoms. The third-order valence-electron chi connectivity index (χ3n) is 7.64. The Morgan fingerprint density at radius 2 is 2.02 bits per heavy atom. The first kappa shape index (κ1) is 30.8. The highest BCUT2D eigenvalue weighted by Gasteiger charge is 2.27. The maximum Gasteiger partial charge on any atom is 0.262 e. The fraction of sp³-hybridized carbons (Fsp3) is 0.355. The number of H-pyrrole nitrogens is 1. The number of carbonyl (C=O) groups is 1. The maximum atomic E-state index is 13.2. The van der Waals surface area contributed by atoms with Gasteiger partial charge in [0.05, 0.1) is 30.0 Å². The molecule has 240 valence electrons. The minimum atomic E-state index is -2.89. The third-order valence-corrected chi connectivity index (χ3v) is 7.64. The van der Waals surface area contributed by atoms with Gasteiger partial charge in [-0.3, -0.25) is 14.4 Å². The SMILES string of the molecule is Cc1cnc(Nc2cc(C)n(C)n2)nc1-c1c[nH]c2c(NC(=O)CN3CC[C@H](Oc4ccnc(NCC(C)(F)F)n4)C3)cccc12. The molecular formula is C31H35F2N11O2. The van der Waals surface area contributed by atoms with Gasteiger partial charge in [-0.05, 0) is 31.9 Å². The molecule has 6 rings (SSSR count). The van der Waals surface area contributed by atoms with Crippen LogP contribution in [0.3, 0.4) is 0 Å². The summed E-state index contributed by atoms with van der Waals surface area (Å²) in [5.41, 5.74) is 5.01. The van der Waals surface area contributed by atoms with Crippen LogP contribution in [0.5, 0.6) is 5.88 Å².